The largest absolute Gasteiger partial charge is 0.176 e. The van der Waals surface area contributed by atoms with Crippen molar-refractivity contribution in [1.82, 2.24) is 0 Å². The van der Waals surface area contributed by atoms with Gasteiger partial charge in [0.2, 0.25) is 0 Å². The Bertz CT molecular complexity index is 35.3. The summed E-state index contributed by atoms with van der Waals surface area (Å²) in [7, 11) is 0. The van der Waals surface area contributed by atoms with Crippen LogP contribution >= 0.6 is 25.3 Å². The molecule has 0 bridgehead atoms. The van der Waals surface area contributed by atoms with Crippen LogP contribution in [0.25, 0.3) is 0 Å². The molecule has 0 aromatic carbocycles. The molecule has 0 aliphatic rings. The second-order valence-corrected chi connectivity index (χ2v) is 3.70. The molecule has 0 saturated heterocycles. The highest BCUT2D eigenvalue weighted by atomic mass is 32.1. The van der Waals surface area contributed by atoms with Crippen molar-refractivity contribution in [2.24, 2.45) is 0 Å². The first-order chi connectivity index (χ1) is 3.13. The summed E-state index contributed by atoms with van der Waals surface area (Å²) in [6.07, 6.45) is 1.09. The van der Waals surface area contributed by atoms with Crippen molar-refractivity contribution in [2.75, 3.05) is 0 Å². The van der Waals surface area contributed by atoms with Crippen LogP contribution in [-0.4, -0.2) is 10.5 Å². The second-order valence-electron chi connectivity index (χ2n) is 1.93. The van der Waals surface area contributed by atoms with Gasteiger partial charge in [-0.05, 0) is 16.9 Å². The summed E-state index contributed by atoms with van der Waals surface area (Å²) in [5, 5.41) is 0.986. The van der Waals surface area contributed by atoms with Gasteiger partial charge in [-0.3, -0.25) is 0 Å². The van der Waals surface area contributed by atoms with Gasteiger partial charge in [0, 0.05) is 0 Å². The number of hydrogen-bond acceptors (Lipinski definition) is 2. The van der Waals surface area contributed by atoms with Gasteiger partial charge in [0.05, 0.1) is 0 Å². The van der Waals surface area contributed by atoms with Crippen molar-refractivity contribution >= 4 is 25.3 Å². The van der Waals surface area contributed by atoms with E-state index in [4.69, 9.17) is 0 Å². The number of hydrogen-bond donors (Lipinski definition) is 2. The Morgan fingerprint density at radius 3 is 1.43 bits per heavy atom. The lowest BCUT2D eigenvalue weighted by molar-refractivity contribution is 0.812. The summed E-state index contributed by atoms with van der Waals surface area (Å²) >= 11 is 8.38. The molecule has 2 atom stereocenters. The molecule has 0 amide bonds. The van der Waals surface area contributed by atoms with E-state index in [1.165, 1.54) is 0 Å². The van der Waals surface area contributed by atoms with Crippen LogP contribution in [0.3, 0.4) is 0 Å². The highest BCUT2D eigenvalue weighted by molar-refractivity contribution is 7.81. The topological polar surface area (TPSA) is 0 Å². The van der Waals surface area contributed by atoms with E-state index in [9.17, 15) is 0 Å². The first kappa shape index (κ1) is 7.70. The van der Waals surface area contributed by atoms with Gasteiger partial charge in [-0.25, -0.2) is 0 Å². The third-order valence-corrected chi connectivity index (χ3v) is 1.10. The Hall–Kier alpha value is 0.700. The minimum absolute atomic E-state index is 0.493. The highest BCUT2D eigenvalue weighted by Gasteiger charge is 1.97. The Balaban J connectivity index is 2.95. The molecule has 2 heteroatoms. The van der Waals surface area contributed by atoms with Crippen molar-refractivity contribution in [3.05, 3.63) is 0 Å². The zero-order chi connectivity index (χ0) is 5.86. The molecule has 0 aliphatic heterocycles. The SMILES string of the molecule is C[C@H](S)C[C@@H](C)S. The lowest BCUT2D eigenvalue weighted by Gasteiger charge is -2.04. The lowest BCUT2D eigenvalue weighted by atomic mass is 10.3. The lowest BCUT2D eigenvalue weighted by Crippen LogP contribution is -1.99. The first-order valence-corrected chi connectivity index (χ1v) is 3.52. The third-order valence-electron chi connectivity index (χ3n) is 0.682. The van der Waals surface area contributed by atoms with Crippen molar-refractivity contribution in [3.8, 4) is 0 Å². The fourth-order valence-electron chi connectivity index (χ4n) is 0.494. The van der Waals surface area contributed by atoms with Gasteiger partial charge in [0.1, 0.15) is 0 Å². The average molecular weight is 136 g/mol. The van der Waals surface area contributed by atoms with Crippen molar-refractivity contribution in [1.29, 1.82) is 0 Å². The number of thiol groups is 2. The molecule has 7 heavy (non-hydrogen) atoms. The maximum absolute atomic E-state index is 4.19. The van der Waals surface area contributed by atoms with Gasteiger partial charge in [0.25, 0.3) is 0 Å². The molecule has 0 aromatic heterocycles. The summed E-state index contributed by atoms with van der Waals surface area (Å²) in [4.78, 5) is 0. The molecule has 0 N–H and O–H groups in total. The molecular formula is C5H12S2. The maximum atomic E-state index is 4.19. The highest BCUT2D eigenvalue weighted by Crippen LogP contribution is 2.07. The fraction of sp³-hybridized carbons (Fsp3) is 1.00. The predicted molar refractivity (Wildman–Crippen MR) is 41.5 cm³/mol. The molecule has 0 spiro atoms. The smallest absolute Gasteiger partial charge is 0.000126 e. The summed E-state index contributed by atoms with van der Waals surface area (Å²) in [6.45, 7) is 4.16. The summed E-state index contributed by atoms with van der Waals surface area (Å²) in [5.74, 6) is 0. The van der Waals surface area contributed by atoms with Gasteiger partial charge >= 0.3 is 0 Å². The molecule has 44 valence electrons. The van der Waals surface area contributed by atoms with Crippen LogP contribution in [0.4, 0.5) is 0 Å². The minimum atomic E-state index is 0.493. The molecule has 0 heterocycles. The average Bonchev–Trinajstić information content (AvgIpc) is 1.27. The molecule has 0 fully saturated rings. The molecule has 0 aromatic rings. The standard InChI is InChI=1S/C5H12S2/c1-4(6)3-5(2)7/h4-7H,3H2,1-2H3/t4-,5+. The molecule has 0 radical (unpaired) electrons. The van der Waals surface area contributed by atoms with Crippen LogP contribution in [0, 0.1) is 0 Å². The molecule has 0 aliphatic carbocycles. The number of rotatable bonds is 2. The Morgan fingerprint density at radius 1 is 1.14 bits per heavy atom. The summed E-state index contributed by atoms with van der Waals surface area (Å²) in [5.41, 5.74) is 0. The third kappa shape index (κ3) is 6.70. The zero-order valence-electron chi connectivity index (χ0n) is 4.76. The fourth-order valence-corrected chi connectivity index (χ4v) is 1.29. The van der Waals surface area contributed by atoms with Gasteiger partial charge in [0.15, 0.2) is 0 Å². The van der Waals surface area contributed by atoms with E-state index < -0.39 is 0 Å². The van der Waals surface area contributed by atoms with Crippen molar-refractivity contribution in [3.63, 3.8) is 0 Å². The van der Waals surface area contributed by atoms with Gasteiger partial charge in [-0.1, -0.05) is 13.8 Å². The molecule has 0 nitrogen and oxygen atoms in total. The monoisotopic (exact) mass is 136 g/mol. The molecular weight excluding hydrogens is 124 g/mol. The van der Waals surface area contributed by atoms with Crippen LogP contribution in [0.15, 0.2) is 0 Å². The maximum Gasteiger partial charge on any atom is -0.000126 e. The normalized spacial score (nSPS) is 18.9. The van der Waals surface area contributed by atoms with E-state index in [0.29, 0.717) is 10.5 Å². The van der Waals surface area contributed by atoms with E-state index >= 15 is 0 Å². The Kier molecular flexibility index (Phi) is 4.04. The van der Waals surface area contributed by atoms with Gasteiger partial charge in [-0.15, -0.1) is 0 Å². The summed E-state index contributed by atoms with van der Waals surface area (Å²) < 4.78 is 0. The van der Waals surface area contributed by atoms with E-state index in [1.54, 1.807) is 0 Å². The molecule has 0 unspecified atom stereocenters. The van der Waals surface area contributed by atoms with Crippen LogP contribution in [-0.2, 0) is 0 Å². The van der Waals surface area contributed by atoms with E-state index in [2.05, 4.69) is 39.1 Å². The molecule has 0 rings (SSSR count). The minimum Gasteiger partial charge on any atom is -0.176 e. The quantitative estimate of drug-likeness (QED) is 0.533. The molecule has 0 saturated carbocycles. The van der Waals surface area contributed by atoms with Crippen LogP contribution in [0.2, 0.25) is 0 Å². The van der Waals surface area contributed by atoms with Crippen LogP contribution in [0.5, 0.6) is 0 Å². The van der Waals surface area contributed by atoms with E-state index in [-0.39, 0.29) is 0 Å². The Labute approximate surface area is 56.5 Å². The second kappa shape index (κ2) is 3.67. The van der Waals surface area contributed by atoms with Crippen LogP contribution in [0.1, 0.15) is 20.3 Å². The van der Waals surface area contributed by atoms with Crippen LogP contribution < -0.4 is 0 Å². The van der Waals surface area contributed by atoms with E-state index in [1.807, 2.05) is 0 Å². The van der Waals surface area contributed by atoms with E-state index in [0.717, 1.165) is 6.42 Å². The zero-order valence-corrected chi connectivity index (χ0v) is 6.55. The van der Waals surface area contributed by atoms with Gasteiger partial charge in [-0.2, -0.15) is 25.3 Å². The predicted octanol–water partition coefficient (Wildman–Crippen LogP) is 2.01. The van der Waals surface area contributed by atoms with Gasteiger partial charge < -0.3 is 0 Å². The summed E-state index contributed by atoms with van der Waals surface area (Å²) in [6, 6.07) is 0. The first-order valence-electron chi connectivity index (χ1n) is 2.49. The van der Waals surface area contributed by atoms with Crippen molar-refractivity contribution < 1.29 is 0 Å². The van der Waals surface area contributed by atoms with Crippen molar-refractivity contribution in [2.45, 2.75) is 30.8 Å². The Morgan fingerprint density at radius 2 is 1.43 bits per heavy atom.